The lowest BCUT2D eigenvalue weighted by Gasteiger charge is -2.07. The molecule has 0 spiro atoms. The van der Waals surface area contributed by atoms with Crippen molar-refractivity contribution in [1.29, 1.82) is 0 Å². The predicted octanol–water partition coefficient (Wildman–Crippen LogP) is 3.24. The fourth-order valence-corrected chi connectivity index (χ4v) is 3.29. The number of hydrogen-bond donors (Lipinski definition) is 2. The van der Waals surface area contributed by atoms with Gasteiger partial charge in [-0.2, -0.15) is 5.10 Å². The van der Waals surface area contributed by atoms with Crippen molar-refractivity contribution in [3.8, 4) is 0 Å². The summed E-state index contributed by atoms with van der Waals surface area (Å²) >= 11 is 0. The highest BCUT2D eigenvalue weighted by Crippen LogP contribution is 2.24. The monoisotopic (exact) mass is 420 g/mol. The van der Waals surface area contributed by atoms with Crippen LogP contribution in [0.5, 0.6) is 0 Å². The molecule has 0 fully saturated rings. The lowest BCUT2D eigenvalue weighted by Crippen LogP contribution is -2.18. The Bertz CT molecular complexity index is 1150. The number of aromatic nitrogens is 1. The topological polar surface area (TPSA) is 102 Å². The van der Waals surface area contributed by atoms with Gasteiger partial charge in [0.25, 0.3) is 5.91 Å². The molecule has 0 unspecified atom stereocenters. The zero-order valence-electron chi connectivity index (χ0n) is 17.6. The average Bonchev–Trinajstić information content (AvgIpc) is 3.00. The van der Waals surface area contributed by atoms with Gasteiger partial charge in [-0.1, -0.05) is 18.2 Å². The van der Waals surface area contributed by atoms with Crippen LogP contribution in [-0.2, 0) is 20.9 Å². The molecule has 0 saturated heterocycles. The second-order valence-corrected chi connectivity index (χ2v) is 6.87. The van der Waals surface area contributed by atoms with Gasteiger partial charge in [0, 0.05) is 40.3 Å². The molecule has 31 heavy (non-hydrogen) atoms. The number of esters is 1. The van der Waals surface area contributed by atoms with Gasteiger partial charge in [0.05, 0.1) is 12.8 Å². The van der Waals surface area contributed by atoms with E-state index in [0.717, 1.165) is 22.2 Å². The Morgan fingerprint density at radius 2 is 1.81 bits per heavy atom. The van der Waals surface area contributed by atoms with Crippen molar-refractivity contribution in [1.82, 2.24) is 9.99 Å². The molecule has 0 saturated carbocycles. The predicted molar refractivity (Wildman–Crippen MR) is 119 cm³/mol. The highest BCUT2D eigenvalue weighted by atomic mass is 16.5. The van der Waals surface area contributed by atoms with Crippen LogP contribution in [0.1, 0.15) is 35.5 Å². The van der Waals surface area contributed by atoms with Crippen LogP contribution in [0, 0.1) is 6.92 Å². The van der Waals surface area contributed by atoms with Crippen LogP contribution in [-0.4, -0.2) is 35.2 Å². The largest absolute Gasteiger partial charge is 0.465 e. The smallest absolute Gasteiger partial charge is 0.325 e. The minimum absolute atomic E-state index is 0.0982. The zero-order valence-corrected chi connectivity index (χ0v) is 17.6. The number of carbonyl (C=O) groups excluding carboxylic acids is 3. The number of amides is 2. The van der Waals surface area contributed by atoms with Gasteiger partial charge >= 0.3 is 5.97 Å². The van der Waals surface area contributed by atoms with E-state index in [0.29, 0.717) is 17.9 Å². The number of carbonyl (C=O) groups is 3. The van der Waals surface area contributed by atoms with E-state index in [2.05, 4.69) is 15.8 Å². The number of nitrogens with one attached hydrogen (secondary N) is 2. The lowest BCUT2D eigenvalue weighted by atomic mass is 10.1. The number of anilines is 1. The molecule has 1 heterocycles. The van der Waals surface area contributed by atoms with Crippen LogP contribution in [0.15, 0.2) is 53.6 Å². The first-order valence-electron chi connectivity index (χ1n) is 9.85. The number of para-hydroxylation sites is 1. The molecule has 8 heteroatoms. The summed E-state index contributed by atoms with van der Waals surface area (Å²) < 4.78 is 6.95. The van der Waals surface area contributed by atoms with Gasteiger partial charge in [0.15, 0.2) is 0 Å². The van der Waals surface area contributed by atoms with Crippen molar-refractivity contribution in [2.45, 2.75) is 27.3 Å². The molecule has 1 aromatic heterocycles. The molecule has 2 N–H and O–H groups in total. The quantitative estimate of drug-likeness (QED) is 0.348. The summed E-state index contributed by atoms with van der Waals surface area (Å²) in [5.74, 6) is -0.872. The molecular weight excluding hydrogens is 396 g/mol. The molecule has 3 aromatic rings. The van der Waals surface area contributed by atoms with E-state index >= 15 is 0 Å². The van der Waals surface area contributed by atoms with Gasteiger partial charge in [0.2, 0.25) is 5.91 Å². The maximum atomic E-state index is 12.4. The van der Waals surface area contributed by atoms with Gasteiger partial charge in [0.1, 0.15) is 6.54 Å². The van der Waals surface area contributed by atoms with Gasteiger partial charge in [-0.25, -0.2) is 5.43 Å². The summed E-state index contributed by atoms with van der Waals surface area (Å²) in [4.78, 5) is 35.5. The van der Waals surface area contributed by atoms with E-state index in [9.17, 15) is 14.4 Å². The Morgan fingerprint density at radius 1 is 1.10 bits per heavy atom. The Balaban J connectivity index is 1.78. The van der Waals surface area contributed by atoms with E-state index in [1.165, 1.54) is 6.92 Å². The van der Waals surface area contributed by atoms with Gasteiger partial charge < -0.3 is 14.6 Å². The Labute approximate surface area is 179 Å². The molecule has 0 aliphatic rings. The third-order valence-corrected chi connectivity index (χ3v) is 4.70. The first kappa shape index (κ1) is 21.8. The maximum absolute atomic E-state index is 12.4. The molecular formula is C23H24N4O4. The second kappa shape index (κ2) is 9.71. The molecule has 0 atom stereocenters. The summed E-state index contributed by atoms with van der Waals surface area (Å²) in [5.41, 5.74) is 6.06. The number of benzene rings is 2. The van der Waals surface area contributed by atoms with Crippen LogP contribution in [0.25, 0.3) is 10.9 Å². The van der Waals surface area contributed by atoms with Crippen molar-refractivity contribution in [2.24, 2.45) is 5.10 Å². The van der Waals surface area contributed by atoms with E-state index in [-0.39, 0.29) is 24.3 Å². The van der Waals surface area contributed by atoms with Crippen LogP contribution >= 0.6 is 0 Å². The maximum Gasteiger partial charge on any atom is 0.325 e. The van der Waals surface area contributed by atoms with E-state index in [4.69, 9.17) is 4.74 Å². The average molecular weight is 420 g/mol. The van der Waals surface area contributed by atoms with Crippen LogP contribution in [0.2, 0.25) is 0 Å². The normalized spacial score (nSPS) is 10.9. The fourth-order valence-electron chi connectivity index (χ4n) is 3.29. The van der Waals surface area contributed by atoms with Crippen molar-refractivity contribution < 1.29 is 19.1 Å². The zero-order chi connectivity index (χ0) is 22.4. The molecule has 0 radical (unpaired) electrons. The number of ether oxygens (including phenoxy) is 1. The van der Waals surface area contributed by atoms with Gasteiger partial charge in [-0.3, -0.25) is 14.4 Å². The van der Waals surface area contributed by atoms with Crippen molar-refractivity contribution >= 4 is 40.6 Å². The summed E-state index contributed by atoms with van der Waals surface area (Å²) in [6.45, 7) is 5.50. The molecule has 2 aromatic carbocycles. The molecule has 2 amide bonds. The third-order valence-electron chi connectivity index (χ3n) is 4.70. The molecule has 0 aliphatic carbocycles. The summed E-state index contributed by atoms with van der Waals surface area (Å²) in [6.07, 6.45) is 1.57. The van der Waals surface area contributed by atoms with Crippen LogP contribution in [0.4, 0.5) is 5.69 Å². The Hall–Kier alpha value is -3.94. The highest BCUT2D eigenvalue weighted by molar-refractivity contribution is 6.02. The fraction of sp³-hybridized carbons (Fsp3) is 0.217. The van der Waals surface area contributed by atoms with E-state index in [1.54, 1.807) is 37.4 Å². The van der Waals surface area contributed by atoms with Crippen molar-refractivity contribution in [3.63, 3.8) is 0 Å². The number of hydrazone groups is 1. The second-order valence-electron chi connectivity index (χ2n) is 6.87. The van der Waals surface area contributed by atoms with Crippen LogP contribution < -0.4 is 10.7 Å². The van der Waals surface area contributed by atoms with Crippen LogP contribution in [0.3, 0.4) is 0 Å². The first-order valence-corrected chi connectivity index (χ1v) is 9.85. The SMILES string of the molecule is CCOC(=O)Cn1c(C)c(/C=N\NC(=O)c2ccc(NC(C)=O)cc2)c2ccccc21. The van der Waals surface area contributed by atoms with Crippen molar-refractivity contribution in [2.75, 3.05) is 11.9 Å². The standard InChI is InChI=1S/C23H24N4O4/c1-4-31-22(29)14-27-15(2)20(19-7-5-6-8-21(19)27)13-24-26-23(30)17-9-11-18(12-10-17)25-16(3)28/h5-13H,4,14H2,1-3H3,(H,25,28)(H,26,30)/b24-13-. The highest BCUT2D eigenvalue weighted by Gasteiger charge is 2.15. The molecule has 3 rings (SSSR count). The summed E-state index contributed by atoms with van der Waals surface area (Å²) in [7, 11) is 0. The summed E-state index contributed by atoms with van der Waals surface area (Å²) in [5, 5.41) is 7.67. The van der Waals surface area contributed by atoms with Gasteiger partial charge in [-0.05, 0) is 44.2 Å². The van der Waals surface area contributed by atoms with Gasteiger partial charge in [-0.15, -0.1) is 0 Å². The first-order chi connectivity index (χ1) is 14.9. The molecule has 8 nitrogen and oxygen atoms in total. The number of fused-ring (bicyclic) bond motifs is 1. The third kappa shape index (κ3) is 5.16. The Kier molecular flexibility index (Phi) is 6.81. The Morgan fingerprint density at radius 3 is 2.48 bits per heavy atom. The minimum Gasteiger partial charge on any atom is -0.465 e. The lowest BCUT2D eigenvalue weighted by molar-refractivity contribution is -0.143. The minimum atomic E-state index is -0.376. The number of rotatable bonds is 7. The molecule has 0 bridgehead atoms. The number of hydrogen-bond acceptors (Lipinski definition) is 5. The molecule has 160 valence electrons. The summed E-state index contributed by atoms with van der Waals surface area (Å²) in [6, 6.07) is 14.2. The van der Waals surface area contributed by atoms with E-state index in [1.807, 2.05) is 35.8 Å². The van der Waals surface area contributed by atoms with E-state index < -0.39 is 0 Å². The number of nitrogens with zero attached hydrogens (tertiary/aromatic N) is 2. The molecule has 0 aliphatic heterocycles. The van der Waals surface area contributed by atoms with Crippen molar-refractivity contribution in [3.05, 3.63) is 65.4 Å².